The van der Waals surface area contributed by atoms with Gasteiger partial charge in [0.1, 0.15) is 0 Å². The minimum atomic E-state index is 0. The molecule has 148 valence electrons. The minimum Gasteiger partial charge on any atom is -1.00 e. The van der Waals surface area contributed by atoms with Gasteiger partial charge >= 0.3 is 0 Å². The Labute approximate surface area is 165 Å². The first-order valence-electron chi connectivity index (χ1n) is 11.1. The number of quaternary nitrogens is 1. The SMILES string of the molecule is CCCCCC[N+](CCCCC)(CCCCC)CCCCCC.[Br-]. The average Bonchev–Trinajstić information content (AvgIpc) is 2.56. The highest BCUT2D eigenvalue weighted by Gasteiger charge is 2.25. The van der Waals surface area contributed by atoms with Gasteiger partial charge in [0, 0.05) is 0 Å². The molecule has 0 saturated heterocycles. The number of nitrogens with zero attached hydrogens (tertiary/aromatic N) is 1. The van der Waals surface area contributed by atoms with Crippen LogP contribution in [0.5, 0.6) is 0 Å². The van der Waals surface area contributed by atoms with E-state index in [1.54, 1.807) is 0 Å². The zero-order valence-corrected chi connectivity index (χ0v) is 19.1. The van der Waals surface area contributed by atoms with Crippen molar-refractivity contribution in [2.75, 3.05) is 26.2 Å². The van der Waals surface area contributed by atoms with Gasteiger partial charge < -0.3 is 21.5 Å². The molecule has 2 heteroatoms. The third kappa shape index (κ3) is 14.8. The van der Waals surface area contributed by atoms with Crippen LogP contribution in [0.2, 0.25) is 0 Å². The Kier molecular flexibility index (Phi) is 22.0. The smallest absolute Gasteiger partial charge is 0.0786 e. The quantitative estimate of drug-likeness (QED) is 0.235. The molecule has 0 radical (unpaired) electrons. The summed E-state index contributed by atoms with van der Waals surface area (Å²) in [7, 11) is 0. The van der Waals surface area contributed by atoms with Gasteiger partial charge in [-0.2, -0.15) is 0 Å². The number of hydrogen-bond donors (Lipinski definition) is 0. The highest BCUT2D eigenvalue weighted by atomic mass is 79.9. The van der Waals surface area contributed by atoms with Crippen LogP contribution in [0.3, 0.4) is 0 Å². The topological polar surface area (TPSA) is 0 Å². The van der Waals surface area contributed by atoms with E-state index in [0.29, 0.717) is 0 Å². The molecule has 0 aromatic carbocycles. The van der Waals surface area contributed by atoms with E-state index in [1.807, 2.05) is 0 Å². The van der Waals surface area contributed by atoms with E-state index in [2.05, 4.69) is 27.7 Å². The van der Waals surface area contributed by atoms with Crippen molar-refractivity contribution in [3.63, 3.8) is 0 Å². The summed E-state index contributed by atoms with van der Waals surface area (Å²) in [5.74, 6) is 0. The summed E-state index contributed by atoms with van der Waals surface area (Å²) in [5.41, 5.74) is 0. The van der Waals surface area contributed by atoms with Crippen LogP contribution < -0.4 is 17.0 Å². The summed E-state index contributed by atoms with van der Waals surface area (Å²) in [5, 5.41) is 0. The largest absolute Gasteiger partial charge is 1.00 e. The molecule has 0 unspecified atom stereocenters. The first-order chi connectivity index (χ1) is 11.2. The van der Waals surface area contributed by atoms with Crippen LogP contribution >= 0.6 is 0 Å². The normalized spacial score (nSPS) is 11.5. The Hall–Kier alpha value is 0.440. The molecule has 0 aliphatic heterocycles. The lowest BCUT2D eigenvalue weighted by atomic mass is 10.1. The molecule has 0 bridgehead atoms. The molecule has 0 spiro atoms. The zero-order valence-electron chi connectivity index (χ0n) is 17.6. The number of rotatable bonds is 18. The molecular formula is C22H48BrN. The summed E-state index contributed by atoms with van der Waals surface area (Å²) < 4.78 is 1.45. The second-order valence-electron chi connectivity index (χ2n) is 7.77. The monoisotopic (exact) mass is 405 g/mol. The summed E-state index contributed by atoms with van der Waals surface area (Å²) in [6, 6.07) is 0. The lowest BCUT2D eigenvalue weighted by Gasteiger charge is -2.39. The van der Waals surface area contributed by atoms with Crippen LogP contribution in [0.1, 0.15) is 118 Å². The summed E-state index contributed by atoms with van der Waals surface area (Å²) in [6.07, 6.45) is 19.9. The first kappa shape index (κ1) is 26.7. The molecule has 0 fully saturated rings. The minimum absolute atomic E-state index is 0. The van der Waals surface area contributed by atoms with E-state index in [1.165, 1.54) is 121 Å². The van der Waals surface area contributed by atoms with Crippen molar-refractivity contribution < 1.29 is 21.5 Å². The van der Waals surface area contributed by atoms with Crippen molar-refractivity contribution in [2.24, 2.45) is 0 Å². The van der Waals surface area contributed by atoms with Gasteiger partial charge in [-0.05, 0) is 51.4 Å². The maximum Gasteiger partial charge on any atom is 0.0786 e. The molecule has 0 N–H and O–H groups in total. The van der Waals surface area contributed by atoms with Crippen LogP contribution in [0.25, 0.3) is 0 Å². The molecule has 0 aliphatic rings. The van der Waals surface area contributed by atoms with Crippen molar-refractivity contribution in [3.05, 3.63) is 0 Å². The Morgan fingerprint density at radius 1 is 0.375 bits per heavy atom. The third-order valence-corrected chi connectivity index (χ3v) is 5.44. The molecule has 0 saturated carbocycles. The van der Waals surface area contributed by atoms with Gasteiger partial charge in [0.15, 0.2) is 0 Å². The Bertz CT molecular complexity index is 206. The Morgan fingerprint density at radius 3 is 0.917 bits per heavy atom. The molecule has 0 amide bonds. The van der Waals surface area contributed by atoms with Crippen LogP contribution in [0.4, 0.5) is 0 Å². The Morgan fingerprint density at radius 2 is 0.625 bits per heavy atom. The molecular weight excluding hydrogens is 358 g/mol. The van der Waals surface area contributed by atoms with E-state index in [-0.39, 0.29) is 17.0 Å². The lowest BCUT2D eigenvalue weighted by Crippen LogP contribution is -3.00. The van der Waals surface area contributed by atoms with Gasteiger partial charge in [-0.3, -0.25) is 0 Å². The molecule has 0 aliphatic carbocycles. The first-order valence-corrected chi connectivity index (χ1v) is 11.1. The maximum absolute atomic E-state index is 2.34. The number of unbranched alkanes of at least 4 members (excludes halogenated alkanes) is 10. The molecule has 1 nitrogen and oxygen atoms in total. The predicted molar refractivity (Wildman–Crippen MR) is 107 cm³/mol. The van der Waals surface area contributed by atoms with Gasteiger partial charge in [0.05, 0.1) is 26.2 Å². The fourth-order valence-corrected chi connectivity index (χ4v) is 3.81. The van der Waals surface area contributed by atoms with Crippen molar-refractivity contribution in [3.8, 4) is 0 Å². The third-order valence-electron chi connectivity index (χ3n) is 5.44. The average molecular weight is 407 g/mol. The van der Waals surface area contributed by atoms with E-state index in [4.69, 9.17) is 0 Å². The van der Waals surface area contributed by atoms with Crippen molar-refractivity contribution in [1.29, 1.82) is 0 Å². The molecule has 0 rings (SSSR count). The van der Waals surface area contributed by atoms with Crippen LogP contribution in [0, 0.1) is 0 Å². The molecule has 0 heterocycles. The van der Waals surface area contributed by atoms with E-state index in [9.17, 15) is 0 Å². The second kappa shape index (κ2) is 19.8. The summed E-state index contributed by atoms with van der Waals surface area (Å²) in [4.78, 5) is 0. The van der Waals surface area contributed by atoms with E-state index < -0.39 is 0 Å². The highest BCUT2D eigenvalue weighted by molar-refractivity contribution is 4.52. The molecule has 0 atom stereocenters. The van der Waals surface area contributed by atoms with Crippen LogP contribution in [0.15, 0.2) is 0 Å². The summed E-state index contributed by atoms with van der Waals surface area (Å²) >= 11 is 0. The van der Waals surface area contributed by atoms with Gasteiger partial charge in [-0.1, -0.05) is 66.2 Å². The lowest BCUT2D eigenvalue weighted by molar-refractivity contribution is -0.929. The van der Waals surface area contributed by atoms with Gasteiger partial charge in [-0.25, -0.2) is 0 Å². The Balaban J connectivity index is 0. The fraction of sp³-hybridized carbons (Fsp3) is 1.00. The van der Waals surface area contributed by atoms with Crippen molar-refractivity contribution in [2.45, 2.75) is 118 Å². The number of halogens is 1. The molecule has 24 heavy (non-hydrogen) atoms. The van der Waals surface area contributed by atoms with Gasteiger partial charge in [0.25, 0.3) is 0 Å². The van der Waals surface area contributed by atoms with E-state index >= 15 is 0 Å². The number of hydrogen-bond acceptors (Lipinski definition) is 0. The van der Waals surface area contributed by atoms with Crippen LogP contribution in [-0.2, 0) is 0 Å². The second-order valence-corrected chi connectivity index (χ2v) is 7.77. The van der Waals surface area contributed by atoms with Crippen molar-refractivity contribution >= 4 is 0 Å². The zero-order chi connectivity index (χ0) is 17.2. The van der Waals surface area contributed by atoms with Crippen molar-refractivity contribution in [1.82, 2.24) is 0 Å². The van der Waals surface area contributed by atoms with E-state index in [0.717, 1.165) is 0 Å². The fourth-order valence-electron chi connectivity index (χ4n) is 3.81. The highest BCUT2D eigenvalue weighted by Crippen LogP contribution is 2.19. The predicted octanol–water partition coefficient (Wildman–Crippen LogP) is 4.35. The molecule has 0 aromatic heterocycles. The summed E-state index contributed by atoms with van der Waals surface area (Å²) in [6.45, 7) is 15.2. The van der Waals surface area contributed by atoms with Gasteiger partial charge in [-0.15, -0.1) is 0 Å². The molecule has 0 aromatic rings. The van der Waals surface area contributed by atoms with Crippen LogP contribution in [-0.4, -0.2) is 30.7 Å². The maximum atomic E-state index is 2.34. The van der Waals surface area contributed by atoms with Gasteiger partial charge in [0.2, 0.25) is 0 Å². The standard InChI is InChI=1S/C22H48N.BrH/c1-5-9-13-17-21-23(19-15-11-7-3,20-16-12-8-4)22-18-14-10-6-2;/h5-22H2,1-4H3;1H/q+1;/p-1.